The van der Waals surface area contributed by atoms with Crippen LogP contribution in [0, 0.1) is 18.8 Å². The second kappa shape index (κ2) is 31.1. The molecule has 8 N–H and O–H groups in total. The van der Waals surface area contributed by atoms with Gasteiger partial charge in [0, 0.05) is 73.6 Å². The summed E-state index contributed by atoms with van der Waals surface area (Å²) < 4.78 is 69.3. The van der Waals surface area contributed by atoms with Crippen molar-refractivity contribution in [2.45, 2.75) is 103 Å². The maximum absolute atomic E-state index is 12.7. The number of nitrogens with two attached hydrogens (primary N) is 2. The Bertz CT molecular complexity index is 2660. The molecule has 434 valence electrons. The number of aromatic nitrogens is 4. The Balaban J connectivity index is 0.000000253. The zero-order valence-corrected chi connectivity index (χ0v) is 44.3. The number of methoxy groups -OCH3 is 6. The molecule has 3 aromatic rings. The third kappa shape index (κ3) is 15.3. The number of hydrogen-bond donors (Lipinski definition) is 6. The molecule has 26 nitrogen and oxygen atoms in total. The molecule has 0 saturated carbocycles. The van der Waals surface area contributed by atoms with E-state index in [2.05, 4.69) is 44.0 Å². The summed E-state index contributed by atoms with van der Waals surface area (Å²) in [5.41, 5.74) is 12.8. The number of amidine groups is 1. The highest BCUT2D eigenvalue weighted by atomic mass is 16.6. The summed E-state index contributed by atoms with van der Waals surface area (Å²) in [7, 11) is 11.3. The van der Waals surface area contributed by atoms with Crippen LogP contribution in [0.15, 0.2) is 69.3 Å². The maximum atomic E-state index is 12.7. The minimum atomic E-state index is -0.726. The molecule has 5 aliphatic rings. The number of ether oxygens (including phenoxy) is 12. The van der Waals surface area contributed by atoms with Crippen LogP contribution in [0.1, 0.15) is 51.9 Å². The molecule has 1 aromatic carbocycles. The summed E-state index contributed by atoms with van der Waals surface area (Å²) >= 11 is 0. The maximum Gasteiger partial charge on any atom is 0.351 e. The van der Waals surface area contributed by atoms with Crippen LogP contribution in [0.5, 0.6) is 17.2 Å². The number of nitrogens with one attached hydrogen (secondary N) is 2. The molecule has 0 amide bonds. The van der Waals surface area contributed by atoms with E-state index in [0.717, 1.165) is 5.57 Å². The lowest BCUT2D eigenvalue weighted by atomic mass is 10.1. The number of benzene rings is 1. The van der Waals surface area contributed by atoms with E-state index in [4.69, 9.17) is 73.4 Å². The van der Waals surface area contributed by atoms with Gasteiger partial charge in [0.05, 0.1) is 62.6 Å². The number of hydrogen-bond acceptors (Lipinski definition) is 24. The second-order valence-electron chi connectivity index (χ2n) is 17.6. The van der Waals surface area contributed by atoms with Crippen molar-refractivity contribution >= 4 is 17.3 Å². The molecule has 78 heavy (non-hydrogen) atoms. The molecule has 0 bridgehead atoms. The number of rotatable bonds is 19. The third-order valence-corrected chi connectivity index (χ3v) is 12.7. The quantitative estimate of drug-likeness (QED) is 0.0572. The van der Waals surface area contributed by atoms with E-state index < -0.39 is 48.4 Å². The zero-order chi connectivity index (χ0) is 55.1. The fourth-order valence-electron chi connectivity index (χ4n) is 8.93. The van der Waals surface area contributed by atoms with Gasteiger partial charge in [-0.2, -0.15) is 9.97 Å². The van der Waals surface area contributed by atoms with E-state index in [1.54, 1.807) is 85.1 Å². The first kappa shape index (κ1) is 64.7. The molecule has 0 radical (unpaired) electrons. The van der Waals surface area contributed by atoms with Gasteiger partial charge < -0.3 is 94.1 Å². The van der Waals surface area contributed by atoms with Crippen LogP contribution in [0.4, 0.5) is 11.5 Å². The predicted octanol–water partition coefficient (Wildman–Crippen LogP) is 1.49. The van der Waals surface area contributed by atoms with Crippen molar-refractivity contribution in [3.8, 4) is 29.1 Å². The van der Waals surface area contributed by atoms with Crippen molar-refractivity contribution < 1.29 is 67.1 Å². The van der Waals surface area contributed by atoms with Crippen LogP contribution >= 0.6 is 0 Å². The van der Waals surface area contributed by atoms with Gasteiger partial charge in [-0.1, -0.05) is 39.3 Å². The van der Waals surface area contributed by atoms with Gasteiger partial charge in [-0.25, -0.2) is 14.6 Å². The first-order valence-electron chi connectivity index (χ1n) is 24.4. The highest BCUT2D eigenvalue weighted by Crippen LogP contribution is 2.45. The average molecular weight is 1100 g/mol. The molecule has 26 heteroatoms. The highest BCUT2D eigenvalue weighted by Gasteiger charge is 2.48. The molecule has 8 rings (SSSR count). The summed E-state index contributed by atoms with van der Waals surface area (Å²) in [5, 5.41) is 25.3. The van der Waals surface area contributed by atoms with Gasteiger partial charge in [0.1, 0.15) is 79.2 Å². The summed E-state index contributed by atoms with van der Waals surface area (Å²) in [6.45, 7) is 9.56. The van der Waals surface area contributed by atoms with Crippen molar-refractivity contribution in [2.24, 2.45) is 16.5 Å². The molecule has 3 fully saturated rings. The Labute approximate surface area is 455 Å². The van der Waals surface area contributed by atoms with E-state index in [-0.39, 0.29) is 65.1 Å². The van der Waals surface area contributed by atoms with E-state index in [0.29, 0.717) is 91.1 Å². The molecule has 7 heterocycles. The van der Waals surface area contributed by atoms with E-state index >= 15 is 0 Å². The van der Waals surface area contributed by atoms with Crippen LogP contribution in [-0.2, 0) is 47.4 Å². The Morgan fingerprint density at radius 2 is 1.55 bits per heavy atom. The Hall–Kier alpha value is -5.87. The molecule has 11 atom stereocenters. The minimum absolute atomic E-state index is 0. The molecule has 0 aliphatic carbocycles. The van der Waals surface area contributed by atoms with Crippen LogP contribution in [0.3, 0.4) is 0 Å². The number of likely N-dealkylation sites (N-methyl/N-ethyl adjacent to an activating group) is 1. The first-order valence-corrected chi connectivity index (χ1v) is 24.4. The lowest BCUT2D eigenvalue weighted by Gasteiger charge is -2.32. The monoisotopic (exact) mass is 1100 g/mol. The van der Waals surface area contributed by atoms with Crippen LogP contribution in [0.2, 0.25) is 0 Å². The summed E-state index contributed by atoms with van der Waals surface area (Å²) in [4.78, 5) is 39.2. The van der Waals surface area contributed by atoms with Crippen molar-refractivity contribution in [2.75, 3.05) is 108 Å². The molecular formula is C52H80N10O16. The highest BCUT2D eigenvalue weighted by molar-refractivity contribution is 5.97. The number of anilines is 2. The average Bonchev–Trinajstić information content (AvgIpc) is 4.14. The van der Waals surface area contributed by atoms with E-state index in [1.165, 1.54) is 16.2 Å². The fraction of sp³-hybridized carbons (Fsp3) is 0.596. The fourth-order valence-corrected chi connectivity index (χ4v) is 8.93. The number of aliphatic hydroxyl groups excluding tert-OH is 2. The first-order chi connectivity index (χ1) is 36.7. The smallest absolute Gasteiger partial charge is 0.351 e. The molecule has 3 saturated heterocycles. The Morgan fingerprint density at radius 1 is 0.872 bits per heavy atom. The molecule has 0 spiro atoms. The number of fused-ring (bicyclic) bond motifs is 2. The largest absolute Gasteiger partial charge is 0.490 e. The van der Waals surface area contributed by atoms with E-state index in [1.807, 2.05) is 13.0 Å². The number of aryl methyl sites for hydroxylation is 1. The van der Waals surface area contributed by atoms with Gasteiger partial charge in [0.2, 0.25) is 0 Å². The third-order valence-electron chi connectivity index (χ3n) is 12.7. The molecule has 3 unspecified atom stereocenters. The number of aliphatic imine (C=N–C) groups is 1. The van der Waals surface area contributed by atoms with Crippen LogP contribution < -0.4 is 43.0 Å². The van der Waals surface area contributed by atoms with Gasteiger partial charge in [-0.15, -0.1) is 0 Å². The van der Waals surface area contributed by atoms with E-state index in [9.17, 15) is 14.7 Å². The SMILES string of the molecule is C.C.C=C1N=C(N)C(C)=CN1[C@@H]1O[C@H](COC)C(NC)C1O.COC[C@H]1O[C@@H](n2cc(C#CCOCCO)c(C)nc2=O)[C@H](OC)[C@@H]1OC.COC[C@H]1O[C@@H](n2cc3c(nc2=O)Nc2c(OCCN)cccc2O3)CC1OC. The van der Waals surface area contributed by atoms with Crippen molar-refractivity contribution in [3.05, 3.63) is 87.0 Å². The summed E-state index contributed by atoms with van der Waals surface area (Å²) in [6, 6.07) is 5.20. The molecule has 2 aromatic heterocycles. The Kier molecular flexibility index (Phi) is 25.7. The number of nitrogens with zero attached hydrogens (tertiary/aromatic N) is 6. The summed E-state index contributed by atoms with van der Waals surface area (Å²) in [6.07, 6.45) is 1.00. The molecular weight excluding hydrogens is 1020 g/mol. The lowest BCUT2D eigenvalue weighted by Crippen LogP contribution is -2.47. The minimum Gasteiger partial charge on any atom is -0.490 e. The predicted molar refractivity (Wildman–Crippen MR) is 289 cm³/mol. The Morgan fingerprint density at radius 3 is 2.21 bits per heavy atom. The van der Waals surface area contributed by atoms with Crippen molar-refractivity contribution in [3.63, 3.8) is 0 Å². The standard InChI is InChI=1S/C19H24N4O6.C18H26N2O7.C13H22N4O3.2CH4/c1-25-10-15-13(26-2)8-16(29-15)23-9-14-18(22-19(23)24)21-17-11(27-7-6-20)4-3-5-12(17)28-14;1-12-13(6-5-8-26-9-7-21)10-20(18(22)19-12)17-16(25-4)15(24-3)14(27-17)11-23-2;1-7-5-17(8(2)16-12(7)14)13-11(18)10(15-3)9(20-13)6-19-4;;/h3-5,9,13,15-16H,6-8,10,20H2,1-2H3,(H,21,22,24);10,14-17,21H,7-9,11H2,1-4H3;5,9-11,13,15,18H,2,6H2,1,3-4H3,(H2,14,16);2*1H4/t13?,15-,16-;14-,15-,16-,17-;9-,10?,11?,13-;;/m111../s1. The van der Waals surface area contributed by atoms with Crippen LogP contribution in [0.25, 0.3) is 0 Å². The molecule has 5 aliphatic heterocycles. The topological polar surface area (TPSA) is 313 Å². The zero-order valence-electron chi connectivity index (χ0n) is 44.3. The van der Waals surface area contributed by atoms with Crippen molar-refractivity contribution in [1.29, 1.82) is 0 Å². The number of aliphatic hydroxyl groups is 2. The van der Waals surface area contributed by atoms with Gasteiger partial charge >= 0.3 is 11.4 Å². The van der Waals surface area contributed by atoms with Gasteiger partial charge in [-0.05, 0) is 33.0 Å². The van der Waals surface area contributed by atoms with Gasteiger partial charge in [-0.3, -0.25) is 9.13 Å². The van der Waals surface area contributed by atoms with Crippen molar-refractivity contribution in [1.82, 2.24) is 29.3 Å². The van der Waals surface area contributed by atoms with Gasteiger partial charge in [0.15, 0.2) is 29.8 Å². The number of para-hydroxylation sites is 1. The van der Waals surface area contributed by atoms with Gasteiger partial charge in [0.25, 0.3) is 0 Å². The lowest BCUT2D eigenvalue weighted by molar-refractivity contribution is -0.0728. The normalized spacial score (nSPS) is 25.6. The van der Waals surface area contributed by atoms with Crippen LogP contribution in [-0.4, -0.2) is 198 Å². The second-order valence-corrected chi connectivity index (χ2v) is 17.6. The summed E-state index contributed by atoms with van der Waals surface area (Å²) in [5.74, 6) is 8.52.